The van der Waals surface area contributed by atoms with Gasteiger partial charge in [-0.25, -0.2) is 8.42 Å². The number of fused-ring (bicyclic) bond motifs is 1. The van der Waals surface area contributed by atoms with Crippen molar-refractivity contribution in [3.05, 3.63) is 29.3 Å². The number of hydrogen-bond acceptors (Lipinski definition) is 5. The molecule has 3 amide bonds. The minimum absolute atomic E-state index is 0.103. The first-order chi connectivity index (χ1) is 9.70. The molecule has 0 bridgehead atoms. The number of carbonyl (C=O) groups excluding carboxylic acids is 3. The van der Waals surface area contributed by atoms with E-state index in [1.807, 2.05) is 0 Å². The molecule has 7 nitrogen and oxygen atoms in total. The molecule has 0 saturated heterocycles. The number of amides is 3. The average Bonchev–Trinajstić information content (AvgIpc) is 2.59. The number of nitrogens with one attached hydrogen (secondary N) is 1. The van der Waals surface area contributed by atoms with Crippen LogP contribution in [0.15, 0.2) is 18.2 Å². The molecule has 0 unspecified atom stereocenters. The number of rotatable bonds is 4. The summed E-state index contributed by atoms with van der Waals surface area (Å²) in [5.74, 6) is -1.81. The van der Waals surface area contributed by atoms with Gasteiger partial charge < -0.3 is 5.32 Å². The summed E-state index contributed by atoms with van der Waals surface area (Å²) in [5.41, 5.74) is 0.520. The van der Waals surface area contributed by atoms with E-state index < -0.39 is 21.7 Å². The molecule has 0 spiro atoms. The van der Waals surface area contributed by atoms with Crippen LogP contribution < -0.4 is 5.32 Å². The first-order valence-electron chi connectivity index (χ1n) is 6.15. The van der Waals surface area contributed by atoms with Crippen LogP contribution in [0.4, 0.5) is 5.69 Å². The standard InChI is InChI=1S/C13H14N2O5S/c1-8(16)14-10-5-3-4-9-11(10)13(18)15(12(9)17)6-7-21(2,19)20/h3-5H,6-7H2,1-2H3,(H,14,16). The van der Waals surface area contributed by atoms with Crippen LogP contribution in [-0.4, -0.2) is 49.6 Å². The van der Waals surface area contributed by atoms with Crippen molar-refractivity contribution in [3.63, 3.8) is 0 Å². The number of nitrogens with zero attached hydrogens (tertiary/aromatic N) is 1. The molecule has 0 aliphatic carbocycles. The van der Waals surface area contributed by atoms with E-state index in [-0.39, 0.29) is 35.0 Å². The topological polar surface area (TPSA) is 101 Å². The van der Waals surface area contributed by atoms with E-state index in [4.69, 9.17) is 0 Å². The summed E-state index contributed by atoms with van der Waals surface area (Å²) in [4.78, 5) is 36.5. The Kier molecular flexibility index (Phi) is 3.82. The third-order valence-electron chi connectivity index (χ3n) is 3.00. The molecular weight excluding hydrogens is 296 g/mol. The van der Waals surface area contributed by atoms with Crippen molar-refractivity contribution < 1.29 is 22.8 Å². The molecule has 0 radical (unpaired) electrons. The third-order valence-corrected chi connectivity index (χ3v) is 3.92. The summed E-state index contributed by atoms with van der Waals surface area (Å²) in [6.45, 7) is 1.09. The molecule has 1 aromatic rings. The number of hydrogen-bond donors (Lipinski definition) is 1. The van der Waals surface area contributed by atoms with E-state index in [0.717, 1.165) is 11.2 Å². The highest BCUT2D eigenvalue weighted by atomic mass is 32.2. The van der Waals surface area contributed by atoms with Gasteiger partial charge in [-0.1, -0.05) is 6.07 Å². The number of benzene rings is 1. The number of sulfone groups is 1. The number of imide groups is 1. The fourth-order valence-corrected chi connectivity index (χ4v) is 2.60. The lowest BCUT2D eigenvalue weighted by molar-refractivity contribution is -0.114. The van der Waals surface area contributed by atoms with E-state index in [1.54, 1.807) is 6.07 Å². The number of carbonyl (C=O) groups is 3. The Balaban J connectivity index is 2.35. The Bertz CT molecular complexity index is 739. The first kappa shape index (κ1) is 15.2. The van der Waals surface area contributed by atoms with Crippen molar-refractivity contribution in [2.24, 2.45) is 0 Å². The Labute approximate surface area is 121 Å². The van der Waals surface area contributed by atoms with Crippen molar-refractivity contribution in [2.75, 3.05) is 23.9 Å². The van der Waals surface area contributed by atoms with Gasteiger partial charge >= 0.3 is 0 Å². The molecule has 112 valence electrons. The highest BCUT2D eigenvalue weighted by molar-refractivity contribution is 7.90. The van der Waals surface area contributed by atoms with Gasteiger partial charge in [0.1, 0.15) is 9.84 Å². The fourth-order valence-electron chi connectivity index (χ4n) is 2.09. The minimum atomic E-state index is -3.29. The van der Waals surface area contributed by atoms with Crippen molar-refractivity contribution in [1.29, 1.82) is 0 Å². The van der Waals surface area contributed by atoms with Crippen LogP contribution in [0.1, 0.15) is 27.6 Å². The molecule has 1 aliphatic rings. The third kappa shape index (κ3) is 3.10. The Hall–Kier alpha value is -2.22. The fraction of sp³-hybridized carbons (Fsp3) is 0.308. The maximum absolute atomic E-state index is 12.3. The summed E-state index contributed by atoms with van der Waals surface area (Å²) in [7, 11) is -3.29. The SMILES string of the molecule is CC(=O)Nc1cccc2c1C(=O)N(CCS(C)(=O)=O)C2=O. The molecule has 1 N–H and O–H groups in total. The summed E-state index contributed by atoms with van der Waals surface area (Å²) >= 11 is 0. The van der Waals surface area contributed by atoms with Gasteiger partial charge in [0, 0.05) is 19.7 Å². The van der Waals surface area contributed by atoms with Gasteiger partial charge in [-0.2, -0.15) is 0 Å². The van der Waals surface area contributed by atoms with E-state index in [9.17, 15) is 22.8 Å². The molecule has 1 heterocycles. The highest BCUT2D eigenvalue weighted by Gasteiger charge is 2.37. The lowest BCUT2D eigenvalue weighted by Gasteiger charge is -2.12. The summed E-state index contributed by atoms with van der Waals surface area (Å²) in [6.07, 6.45) is 1.04. The summed E-state index contributed by atoms with van der Waals surface area (Å²) < 4.78 is 22.4. The lowest BCUT2D eigenvalue weighted by atomic mass is 10.1. The Morgan fingerprint density at radius 2 is 1.90 bits per heavy atom. The van der Waals surface area contributed by atoms with Crippen LogP contribution in [0.25, 0.3) is 0 Å². The van der Waals surface area contributed by atoms with Crippen LogP contribution >= 0.6 is 0 Å². The van der Waals surface area contributed by atoms with Gasteiger partial charge in [0.2, 0.25) is 5.91 Å². The zero-order chi connectivity index (χ0) is 15.8. The second kappa shape index (κ2) is 5.28. The first-order valence-corrected chi connectivity index (χ1v) is 8.21. The Morgan fingerprint density at radius 1 is 1.24 bits per heavy atom. The van der Waals surface area contributed by atoms with E-state index >= 15 is 0 Å². The maximum Gasteiger partial charge on any atom is 0.263 e. The molecule has 0 saturated carbocycles. The summed E-state index contributed by atoms with van der Waals surface area (Å²) in [6, 6.07) is 4.54. The van der Waals surface area contributed by atoms with Crippen molar-refractivity contribution in [2.45, 2.75) is 6.92 Å². The predicted molar refractivity (Wildman–Crippen MR) is 75.8 cm³/mol. The second-order valence-corrected chi connectivity index (χ2v) is 7.06. The zero-order valence-corrected chi connectivity index (χ0v) is 12.4. The van der Waals surface area contributed by atoms with Crippen molar-refractivity contribution in [3.8, 4) is 0 Å². The molecule has 0 atom stereocenters. The second-order valence-electron chi connectivity index (χ2n) is 4.80. The van der Waals surface area contributed by atoms with Crippen LogP contribution in [0.2, 0.25) is 0 Å². The van der Waals surface area contributed by atoms with Crippen LogP contribution in [-0.2, 0) is 14.6 Å². The Morgan fingerprint density at radius 3 is 2.48 bits per heavy atom. The quantitative estimate of drug-likeness (QED) is 0.805. The molecule has 0 fully saturated rings. The number of anilines is 1. The van der Waals surface area contributed by atoms with Gasteiger partial charge in [-0.15, -0.1) is 0 Å². The maximum atomic E-state index is 12.3. The van der Waals surface area contributed by atoms with Crippen LogP contribution in [0.3, 0.4) is 0 Å². The molecule has 21 heavy (non-hydrogen) atoms. The summed E-state index contributed by atoms with van der Waals surface area (Å²) in [5, 5.41) is 2.49. The highest BCUT2D eigenvalue weighted by Crippen LogP contribution is 2.29. The molecule has 1 aliphatic heterocycles. The molecular formula is C13H14N2O5S. The van der Waals surface area contributed by atoms with Crippen molar-refractivity contribution >= 4 is 33.2 Å². The van der Waals surface area contributed by atoms with E-state index in [2.05, 4.69) is 5.32 Å². The smallest absolute Gasteiger partial charge is 0.263 e. The molecule has 2 rings (SSSR count). The van der Waals surface area contributed by atoms with Crippen LogP contribution in [0.5, 0.6) is 0 Å². The minimum Gasteiger partial charge on any atom is -0.326 e. The van der Waals surface area contributed by atoms with Gasteiger partial charge in [0.15, 0.2) is 0 Å². The largest absolute Gasteiger partial charge is 0.326 e. The van der Waals surface area contributed by atoms with Gasteiger partial charge in [0.25, 0.3) is 11.8 Å². The monoisotopic (exact) mass is 310 g/mol. The molecule has 0 aromatic heterocycles. The normalized spacial score (nSPS) is 14.3. The van der Waals surface area contributed by atoms with Gasteiger partial charge in [0.05, 0.1) is 22.6 Å². The molecule has 1 aromatic carbocycles. The molecule has 8 heteroatoms. The van der Waals surface area contributed by atoms with E-state index in [1.165, 1.54) is 19.1 Å². The van der Waals surface area contributed by atoms with E-state index in [0.29, 0.717) is 0 Å². The lowest BCUT2D eigenvalue weighted by Crippen LogP contribution is -2.34. The average molecular weight is 310 g/mol. The zero-order valence-electron chi connectivity index (χ0n) is 11.5. The van der Waals surface area contributed by atoms with Crippen LogP contribution in [0, 0.1) is 0 Å². The predicted octanol–water partition coefficient (Wildman–Crippen LogP) is 0.286. The van der Waals surface area contributed by atoms with Gasteiger partial charge in [-0.3, -0.25) is 19.3 Å². The van der Waals surface area contributed by atoms with Crippen molar-refractivity contribution in [1.82, 2.24) is 4.90 Å². The van der Waals surface area contributed by atoms with Gasteiger partial charge in [-0.05, 0) is 12.1 Å².